The molecule has 1 saturated carbocycles. The normalized spacial score (nSPS) is 28.0. The Bertz CT molecular complexity index is 598. The highest BCUT2D eigenvalue weighted by Gasteiger charge is 2.48. The summed E-state index contributed by atoms with van der Waals surface area (Å²) >= 11 is 1.78. The average molecular weight is 345 g/mol. The molecule has 0 bridgehead atoms. The third-order valence-corrected chi connectivity index (χ3v) is 6.74. The van der Waals surface area contributed by atoms with Crippen molar-refractivity contribution in [3.8, 4) is 0 Å². The first-order chi connectivity index (χ1) is 11.7. The van der Waals surface area contributed by atoms with Crippen LogP contribution < -0.4 is 0 Å². The summed E-state index contributed by atoms with van der Waals surface area (Å²) in [6, 6.07) is 8.88. The molecule has 4 heteroatoms. The quantitative estimate of drug-likeness (QED) is 0.762. The van der Waals surface area contributed by atoms with Crippen LogP contribution in [0.15, 0.2) is 29.2 Å². The van der Waals surface area contributed by atoms with Crippen LogP contribution in [0.25, 0.3) is 0 Å². The number of hydrogen-bond acceptors (Lipinski definition) is 3. The lowest BCUT2D eigenvalue weighted by atomic mass is 9.78. The zero-order valence-corrected chi connectivity index (χ0v) is 15.5. The SMILES string of the molecule is CSc1ccc(CN2CC[C@@]3(CCCN(CC4CC4)C3=O)C2)cc1. The summed E-state index contributed by atoms with van der Waals surface area (Å²) in [4.78, 5) is 19.1. The molecule has 2 saturated heterocycles. The highest BCUT2D eigenvalue weighted by molar-refractivity contribution is 7.98. The molecule has 3 aliphatic rings. The minimum absolute atomic E-state index is 0.0770. The van der Waals surface area contributed by atoms with E-state index in [9.17, 15) is 4.79 Å². The maximum Gasteiger partial charge on any atom is 0.230 e. The topological polar surface area (TPSA) is 23.6 Å². The van der Waals surface area contributed by atoms with Crippen molar-refractivity contribution >= 4 is 17.7 Å². The predicted octanol–water partition coefficient (Wildman–Crippen LogP) is 3.63. The minimum Gasteiger partial charge on any atom is -0.342 e. The first kappa shape index (κ1) is 16.5. The summed E-state index contributed by atoms with van der Waals surface area (Å²) in [6.07, 6.45) is 8.10. The number of piperidine rings is 1. The van der Waals surface area contributed by atoms with Gasteiger partial charge in [-0.3, -0.25) is 9.69 Å². The van der Waals surface area contributed by atoms with E-state index >= 15 is 0 Å². The van der Waals surface area contributed by atoms with Crippen molar-refractivity contribution in [1.29, 1.82) is 0 Å². The highest BCUT2D eigenvalue weighted by Crippen LogP contribution is 2.42. The van der Waals surface area contributed by atoms with Crippen molar-refractivity contribution < 1.29 is 4.79 Å². The van der Waals surface area contributed by atoms with Gasteiger partial charge in [0.1, 0.15) is 0 Å². The van der Waals surface area contributed by atoms with Crippen LogP contribution >= 0.6 is 11.8 Å². The summed E-state index contributed by atoms with van der Waals surface area (Å²) in [5.74, 6) is 1.26. The van der Waals surface area contributed by atoms with Crippen LogP contribution in [0.2, 0.25) is 0 Å². The molecular weight excluding hydrogens is 316 g/mol. The van der Waals surface area contributed by atoms with Gasteiger partial charge in [0.05, 0.1) is 5.41 Å². The standard InChI is InChI=1S/C20H28N2OS/c1-24-18-7-5-16(6-8-18)13-21-12-10-20(15-21)9-2-11-22(19(20)23)14-17-3-4-17/h5-8,17H,2-4,9-15H2,1H3/t20-/m0/s1. The Labute approximate surface area is 149 Å². The van der Waals surface area contributed by atoms with E-state index in [1.807, 2.05) is 0 Å². The van der Waals surface area contributed by atoms with Crippen molar-refractivity contribution in [1.82, 2.24) is 9.80 Å². The average Bonchev–Trinajstić information content (AvgIpc) is 3.33. The molecule has 2 heterocycles. The zero-order valence-electron chi connectivity index (χ0n) is 14.7. The molecule has 0 radical (unpaired) electrons. The number of carbonyl (C=O) groups excluding carboxylic acids is 1. The fraction of sp³-hybridized carbons (Fsp3) is 0.650. The molecule has 4 rings (SSSR count). The van der Waals surface area contributed by atoms with Crippen LogP contribution in [0.3, 0.4) is 0 Å². The van der Waals surface area contributed by atoms with Crippen molar-refractivity contribution in [2.24, 2.45) is 11.3 Å². The van der Waals surface area contributed by atoms with Crippen LogP contribution in [0.4, 0.5) is 0 Å². The molecule has 1 aliphatic carbocycles. The van der Waals surface area contributed by atoms with E-state index in [2.05, 4.69) is 40.3 Å². The summed E-state index contributed by atoms with van der Waals surface area (Å²) < 4.78 is 0. The number of benzene rings is 1. The van der Waals surface area contributed by atoms with E-state index < -0.39 is 0 Å². The Kier molecular flexibility index (Phi) is 4.61. The number of rotatable bonds is 5. The van der Waals surface area contributed by atoms with Crippen LogP contribution in [0, 0.1) is 11.3 Å². The van der Waals surface area contributed by atoms with E-state index in [-0.39, 0.29) is 5.41 Å². The maximum atomic E-state index is 13.1. The molecular formula is C20H28N2OS. The predicted molar refractivity (Wildman–Crippen MR) is 99.1 cm³/mol. The van der Waals surface area contributed by atoms with E-state index in [1.54, 1.807) is 11.8 Å². The Morgan fingerprint density at radius 2 is 1.96 bits per heavy atom. The van der Waals surface area contributed by atoms with Crippen molar-refractivity contribution in [3.63, 3.8) is 0 Å². The number of carbonyl (C=O) groups is 1. The molecule has 1 amide bonds. The van der Waals surface area contributed by atoms with Gasteiger partial charge in [0, 0.05) is 31.1 Å². The van der Waals surface area contributed by atoms with Gasteiger partial charge in [0.25, 0.3) is 0 Å². The summed E-state index contributed by atoms with van der Waals surface area (Å²) in [6.45, 7) is 5.01. The highest BCUT2D eigenvalue weighted by atomic mass is 32.2. The number of thioether (sulfide) groups is 1. The van der Waals surface area contributed by atoms with Crippen LogP contribution in [-0.2, 0) is 11.3 Å². The lowest BCUT2D eigenvalue weighted by Crippen LogP contribution is -2.50. The van der Waals surface area contributed by atoms with Gasteiger partial charge in [0.15, 0.2) is 0 Å². The molecule has 0 unspecified atom stereocenters. The molecule has 3 nitrogen and oxygen atoms in total. The third-order valence-electron chi connectivity index (χ3n) is 6.00. The van der Waals surface area contributed by atoms with Gasteiger partial charge in [-0.15, -0.1) is 11.8 Å². The number of hydrogen-bond donors (Lipinski definition) is 0. The molecule has 1 spiro atoms. The second-order valence-electron chi connectivity index (χ2n) is 7.89. The van der Waals surface area contributed by atoms with Crippen molar-refractivity contribution in [2.45, 2.75) is 43.5 Å². The Morgan fingerprint density at radius 1 is 1.17 bits per heavy atom. The third kappa shape index (κ3) is 3.36. The van der Waals surface area contributed by atoms with Gasteiger partial charge in [-0.05, 0) is 68.5 Å². The Balaban J connectivity index is 1.39. The lowest BCUT2D eigenvalue weighted by Gasteiger charge is -2.39. The Morgan fingerprint density at radius 3 is 2.67 bits per heavy atom. The summed E-state index contributed by atoms with van der Waals surface area (Å²) in [7, 11) is 0. The monoisotopic (exact) mass is 344 g/mol. The molecule has 1 atom stereocenters. The van der Waals surface area contributed by atoms with E-state index in [4.69, 9.17) is 0 Å². The van der Waals surface area contributed by atoms with Crippen molar-refractivity contribution in [3.05, 3.63) is 29.8 Å². The van der Waals surface area contributed by atoms with Crippen molar-refractivity contribution in [2.75, 3.05) is 32.4 Å². The van der Waals surface area contributed by atoms with Gasteiger partial charge < -0.3 is 4.90 Å². The minimum atomic E-state index is -0.0770. The van der Waals surface area contributed by atoms with E-state index in [1.165, 1.54) is 29.7 Å². The molecule has 0 N–H and O–H groups in total. The number of likely N-dealkylation sites (tertiary alicyclic amines) is 2. The first-order valence-electron chi connectivity index (χ1n) is 9.33. The van der Waals surface area contributed by atoms with Crippen LogP contribution in [-0.4, -0.2) is 48.1 Å². The smallest absolute Gasteiger partial charge is 0.230 e. The van der Waals surface area contributed by atoms with E-state index in [0.29, 0.717) is 5.91 Å². The van der Waals surface area contributed by atoms with Gasteiger partial charge in [-0.25, -0.2) is 0 Å². The van der Waals surface area contributed by atoms with Gasteiger partial charge >= 0.3 is 0 Å². The molecule has 0 aromatic heterocycles. The Hall–Kier alpha value is -1.00. The molecule has 130 valence electrons. The number of nitrogens with zero attached hydrogens (tertiary/aromatic N) is 2. The maximum absolute atomic E-state index is 13.1. The lowest BCUT2D eigenvalue weighted by molar-refractivity contribution is -0.145. The summed E-state index contributed by atoms with van der Waals surface area (Å²) in [5, 5.41) is 0. The molecule has 3 fully saturated rings. The molecule has 2 aliphatic heterocycles. The summed E-state index contributed by atoms with van der Waals surface area (Å²) in [5.41, 5.74) is 1.29. The second-order valence-corrected chi connectivity index (χ2v) is 8.77. The largest absolute Gasteiger partial charge is 0.342 e. The van der Waals surface area contributed by atoms with Gasteiger partial charge in [-0.2, -0.15) is 0 Å². The van der Waals surface area contributed by atoms with E-state index in [0.717, 1.165) is 51.5 Å². The molecule has 1 aromatic carbocycles. The molecule has 1 aromatic rings. The molecule has 24 heavy (non-hydrogen) atoms. The van der Waals surface area contributed by atoms with Crippen LogP contribution in [0.5, 0.6) is 0 Å². The van der Waals surface area contributed by atoms with Gasteiger partial charge in [0.2, 0.25) is 5.91 Å². The fourth-order valence-electron chi connectivity index (χ4n) is 4.40. The second kappa shape index (κ2) is 6.72. The van der Waals surface area contributed by atoms with Crippen LogP contribution in [0.1, 0.15) is 37.7 Å². The van der Waals surface area contributed by atoms with Gasteiger partial charge in [-0.1, -0.05) is 12.1 Å². The fourth-order valence-corrected chi connectivity index (χ4v) is 4.81. The first-order valence-corrected chi connectivity index (χ1v) is 10.6. The number of amides is 1. The zero-order chi connectivity index (χ0) is 16.6.